The van der Waals surface area contributed by atoms with E-state index >= 15 is 0 Å². The van der Waals surface area contributed by atoms with Gasteiger partial charge in [0.1, 0.15) is 23.0 Å². The molecule has 0 heterocycles. The van der Waals surface area contributed by atoms with Crippen molar-refractivity contribution >= 4 is 27.4 Å². The Balaban J connectivity index is 1.54. The maximum atomic E-state index is 11.6. The summed E-state index contributed by atoms with van der Waals surface area (Å²) < 4.78 is 45.7. The van der Waals surface area contributed by atoms with E-state index in [1.807, 2.05) is 18.2 Å². The molecular weight excluding hydrogens is 516 g/mol. The summed E-state index contributed by atoms with van der Waals surface area (Å²) in [5.41, 5.74) is 1.64. The zero-order valence-corrected chi connectivity index (χ0v) is 22.7. The number of methoxy groups -OCH3 is 1. The van der Waals surface area contributed by atoms with Gasteiger partial charge in [0.15, 0.2) is 15.2 Å². The van der Waals surface area contributed by atoms with Crippen LogP contribution in [-0.2, 0) is 25.8 Å². The number of ether oxygens (including phenoxy) is 4. The van der Waals surface area contributed by atoms with E-state index in [4.69, 9.17) is 25.8 Å². The summed E-state index contributed by atoms with van der Waals surface area (Å²) in [6.07, 6.45) is 3.59. The van der Waals surface area contributed by atoms with Crippen LogP contribution >= 0.6 is 11.6 Å². The van der Waals surface area contributed by atoms with Gasteiger partial charge in [-0.1, -0.05) is 25.5 Å². The van der Waals surface area contributed by atoms with Gasteiger partial charge in [0.2, 0.25) is 0 Å². The molecule has 37 heavy (non-hydrogen) atoms. The molecule has 0 aliphatic rings. The van der Waals surface area contributed by atoms with E-state index in [2.05, 4.69) is 11.7 Å². The van der Waals surface area contributed by atoms with Gasteiger partial charge in [-0.15, -0.1) is 11.6 Å². The van der Waals surface area contributed by atoms with Crippen molar-refractivity contribution in [3.8, 4) is 23.0 Å². The Kier molecular flexibility index (Phi) is 10.2. The Labute approximate surface area is 223 Å². The number of carbonyl (C=O) groups excluding carboxylic acids is 1. The minimum atomic E-state index is -3.25. The van der Waals surface area contributed by atoms with E-state index in [0.29, 0.717) is 42.4 Å². The summed E-state index contributed by atoms with van der Waals surface area (Å²) in [5, 5.41) is -0.882. The minimum Gasteiger partial charge on any atom is -0.493 e. The second kappa shape index (κ2) is 13.4. The number of hydrogen-bond donors (Lipinski definition) is 0. The molecule has 0 radical (unpaired) electrons. The number of hydrogen-bond acceptors (Lipinski definition) is 7. The van der Waals surface area contributed by atoms with Crippen molar-refractivity contribution in [3.63, 3.8) is 0 Å². The molecule has 3 aromatic carbocycles. The normalized spacial score (nSPS) is 12.0. The van der Waals surface area contributed by atoms with Crippen LogP contribution in [0, 0.1) is 0 Å². The molecule has 0 fully saturated rings. The standard InChI is InChI=1S/C28H31ClO7S/c1-4-7-20-18-24(36-22-10-13-25(14-11-22)37(3,31)32)12-15-26(20)35-17-6-16-34-23-9-5-8-21(19-23)27(29)28(30)33-2/h5,8-15,18-19,27H,4,6-7,16-17H2,1-3H3. The number of sulfone groups is 1. The van der Waals surface area contributed by atoms with Crippen molar-refractivity contribution in [1.82, 2.24) is 0 Å². The molecule has 198 valence electrons. The molecular formula is C28H31ClO7S. The fourth-order valence-electron chi connectivity index (χ4n) is 3.55. The van der Waals surface area contributed by atoms with Crippen LogP contribution in [0.4, 0.5) is 0 Å². The molecule has 7 nitrogen and oxygen atoms in total. The molecule has 1 atom stereocenters. The van der Waals surface area contributed by atoms with Crippen LogP contribution in [0.1, 0.15) is 36.3 Å². The lowest BCUT2D eigenvalue weighted by atomic mass is 10.1. The second-order valence-electron chi connectivity index (χ2n) is 8.37. The minimum absolute atomic E-state index is 0.247. The third-order valence-electron chi connectivity index (χ3n) is 5.41. The van der Waals surface area contributed by atoms with Crippen LogP contribution in [0.15, 0.2) is 71.6 Å². The smallest absolute Gasteiger partial charge is 0.328 e. The SMILES string of the molecule is CCCc1cc(Oc2ccc(S(C)(=O)=O)cc2)ccc1OCCCOc1cccc(C(Cl)C(=O)OC)c1. The number of alkyl halides is 1. The molecule has 0 aliphatic heterocycles. The second-order valence-corrected chi connectivity index (χ2v) is 10.8. The molecule has 0 N–H and O–H groups in total. The number of benzene rings is 3. The highest BCUT2D eigenvalue weighted by atomic mass is 35.5. The van der Waals surface area contributed by atoms with E-state index in [9.17, 15) is 13.2 Å². The van der Waals surface area contributed by atoms with Gasteiger partial charge in [0.25, 0.3) is 0 Å². The third-order valence-corrected chi connectivity index (χ3v) is 6.97. The molecule has 0 amide bonds. The lowest BCUT2D eigenvalue weighted by Gasteiger charge is -2.14. The molecule has 3 aromatic rings. The van der Waals surface area contributed by atoms with Crippen LogP contribution in [0.3, 0.4) is 0 Å². The number of aryl methyl sites for hydroxylation is 1. The summed E-state index contributed by atoms with van der Waals surface area (Å²) in [6, 6.07) is 19.0. The van der Waals surface area contributed by atoms with Crippen LogP contribution in [0.25, 0.3) is 0 Å². The van der Waals surface area contributed by atoms with Gasteiger partial charge in [-0.05, 0) is 72.1 Å². The van der Waals surface area contributed by atoms with Gasteiger partial charge in [0, 0.05) is 12.7 Å². The molecule has 1 unspecified atom stereocenters. The first kappa shape index (κ1) is 28.3. The maximum Gasteiger partial charge on any atom is 0.328 e. The van der Waals surface area contributed by atoms with Gasteiger partial charge >= 0.3 is 5.97 Å². The van der Waals surface area contributed by atoms with Gasteiger partial charge < -0.3 is 18.9 Å². The first-order chi connectivity index (χ1) is 17.7. The van der Waals surface area contributed by atoms with E-state index in [1.54, 1.807) is 36.4 Å². The quantitative estimate of drug-likeness (QED) is 0.145. The highest BCUT2D eigenvalue weighted by Gasteiger charge is 2.18. The summed E-state index contributed by atoms with van der Waals surface area (Å²) in [6.45, 7) is 2.99. The molecule has 0 bridgehead atoms. The summed E-state index contributed by atoms with van der Waals surface area (Å²) in [4.78, 5) is 11.9. The molecule has 0 saturated heterocycles. The zero-order chi connectivity index (χ0) is 26.8. The van der Waals surface area contributed by atoms with Crippen LogP contribution in [-0.4, -0.2) is 41.0 Å². The molecule has 0 aromatic heterocycles. The number of rotatable bonds is 13. The number of esters is 1. The average Bonchev–Trinajstić information content (AvgIpc) is 2.89. The summed E-state index contributed by atoms with van der Waals surface area (Å²) in [7, 11) is -1.96. The van der Waals surface area contributed by atoms with Crippen molar-refractivity contribution < 1.29 is 32.2 Å². The Hall–Kier alpha value is -3.23. The van der Waals surface area contributed by atoms with E-state index in [0.717, 1.165) is 24.2 Å². The van der Waals surface area contributed by atoms with Crippen LogP contribution < -0.4 is 14.2 Å². The predicted molar refractivity (Wildman–Crippen MR) is 143 cm³/mol. The Morgan fingerprint density at radius 3 is 2.30 bits per heavy atom. The highest BCUT2D eigenvalue weighted by Crippen LogP contribution is 2.30. The highest BCUT2D eigenvalue weighted by molar-refractivity contribution is 7.90. The van der Waals surface area contributed by atoms with Crippen LogP contribution in [0.5, 0.6) is 23.0 Å². The molecule has 0 spiro atoms. The summed E-state index contributed by atoms with van der Waals surface area (Å²) in [5.74, 6) is 2.08. The first-order valence-electron chi connectivity index (χ1n) is 11.9. The number of halogens is 1. The first-order valence-corrected chi connectivity index (χ1v) is 14.2. The fourth-order valence-corrected chi connectivity index (χ4v) is 4.40. The Morgan fingerprint density at radius 2 is 1.62 bits per heavy atom. The zero-order valence-electron chi connectivity index (χ0n) is 21.1. The maximum absolute atomic E-state index is 11.6. The molecule has 9 heteroatoms. The molecule has 0 aliphatic carbocycles. The van der Waals surface area contributed by atoms with Gasteiger partial charge in [-0.3, -0.25) is 4.79 Å². The number of carbonyl (C=O) groups is 1. The van der Waals surface area contributed by atoms with E-state index < -0.39 is 21.2 Å². The molecule has 3 rings (SSSR count). The fraction of sp³-hybridized carbons (Fsp3) is 0.321. The lowest BCUT2D eigenvalue weighted by molar-refractivity contribution is -0.140. The van der Waals surface area contributed by atoms with Crippen molar-refractivity contribution in [1.29, 1.82) is 0 Å². The van der Waals surface area contributed by atoms with E-state index in [1.165, 1.54) is 25.5 Å². The topological polar surface area (TPSA) is 88.1 Å². The van der Waals surface area contributed by atoms with Crippen molar-refractivity contribution in [2.24, 2.45) is 0 Å². The van der Waals surface area contributed by atoms with Crippen molar-refractivity contribution in [2.75, 3.05) is 26.6 Å². The third kappa shape index (κ3) is 8.40. The Morgan fingerprint density at radius 1 is 0.919 bits per heavy atom. The van der Waals surface area contributed by atoms with Crippen molar-refractivity contribution in [2.45, 2.75) is 36.5 Å². The monoisotopic (exact) mass is 546 g/mol. The van der Waals surface area contributed by atoms with E-state index in [-0.39, 0.29) is 4.90 Å². The predicted octanol–water partition coefficient (Wildman–Crippen LogP) is 6.14. The van der Waals surface area contributed by atoms with Gasteiger partial charge in [0.05, 0.1) is 25.2 Å². The van der Waals surface area contributed by atoms with Crippen molar-refractivity contribution in [3.05, 3.63) is 77.9 Å². The Bertz CT molecular complexity index is 1290. The lowest BCUT2D eigenvalue weighted by Crippen LogP contribution is -2.09. The molecule has 0 saturated carbocycles. The average molecular weight is 547 g/mol. The van der Waals surface area contributed by atoms with Crippen LogP contribution in [0.2, 0.25) is 0 Å². The summed E-state index contributed by atoms with van der Waals surface area (Å²) >= 11 is 6.12. The van der Waals surface area contributed by atoms with Gasteiger partial charge in [-0.25, -0.2) is 8.42 Å². The largest absolute Gasteiger partial charge is 0.493 e. The van der Waals surface area contributed by atoms with Gasteiger partial charge in [-0.2, -0.15) is 0 Å².